The van der Waals surface area contributed by atoms with Crippen LogP contribution < -0.4 is 4.74 Å². The van der Waals surface area contributed by atoms with E-state index in [4.69, 9.17) is 9.47 Å². The first-order valence-corrected chi connectivity index (χ1v) is 17.9. The van der Waals surface area contributed by atoms with Crippen LogP contribution >= 0.6 is 0 Å². The molecule has 2 aliphatic rings. The Hall–Kier alpha value is -4.20. The molecule has 0 amide bonds. The zero-order valence-electron chi connectivity index (χ0n) is 32.7. The van der Waals surface area contributed by atoms with Crippen LogP contribution in [0.4, 0.5) is 4.79 Å². The Morgan fingerprint density at radius 1 is 0.863 bits per heavy atom. The summed E-state index contributed by atoms with van der Waals surface area (Å²) in [5.74, 6) is -3.35. The molecule has 2 saturated carbocycles. The molecule has 0 unspecified atom stereocenters. The second-order valence-electron chi connectivity index (χ2n) is 16.6. The van der Waals surface area contributed by atoms with Gasteiger partial charge in [0, 0.05) is 5.56 Å². The Kier molecular flexibility index (Phi) is 12.6. The highest BCUT2D eigenvalue weighted by Gasteiger charge is 2.74. The molecular weight excluding hydrogens is 644 g/mol. The first-order valence-electron chi connectivity index (χ1n) is 17.9. The van der Waals surface area contributed by atoms with E-state index in [0.717, 1.165) is 28.4 Å². The van der Waals surface area contributed by atoms with Crippen LogP contribution in [-0.4, -0.2) is 39.3 Å². The van der Waals surface area contributed by atoms with Crippen molar-refractivity contribution in [3.8, 4) is 11.5 Å². The number of allylic oxidation sites excluding steroid dienone is 9. The van der Waals surface area contributed by atoms with Gasteiger partial charge in [0.25, 0.3) is 0 Å². The number of hydrogen-bond acceptors (Lipinski definition) is 8. The maximum atomic E-state index is 15.4. The van der Waals surface area contributed by atoms with Crippen LogP contribution in [0, 0.1) is 22.2 Å². The smallest absolute Gasteiger partial charge is 0.506 e. The maximum Gasteiger partial charge on any atom is 0.514 e. The number of carbonyl (C=O) groups excluding carboxylic acids is 4. The third kappa shape index (κ3) is 8.48. The van der Waals surface area contributed by atoms with Gasteiger partial charge in [0.05, 0.1) is 5.41 Å². The molecule has 1 aromatic rings. The fourth-order valence-corrected chi connectivity index (χ4v) is 7.56. The quantitative estimate of drug-likeness (QED) is 0.0444. The number of benzene rings is 1. The molecular formula is C43H58O8. The summed E-state index contributed by atoms with van der Waals surface area (Å²) in [6.45, 7) is 22.7. The molecule has 0 radical (unpaired) electrons. The van der Waals surface area contributed by atoms with Crippen molar-refractivity contribution in [1.29, 1.82) is 0 Å². The average molecular weight is 703 g/mol. The molecule has 278 valence electrons. The number of phenolic OH excluding ortho intramolecular Hbond substituents is 1. The first kappa shape index (κ1) is 41.2. The van der Waals surface area contributed by atoms with Crippen LogP contribution in [0.25, 0.3) is 5.76 Å². The monoisotopic (exact) mass is 702 g/mol. The molecule has 2 bridgehead atoms. The number of hydrogen-bond donors (Lipinski definition) is 2. The van der Waals surface area contributed by atoms with Gasteiger partial charge in [0.15, 0.2) is 28.8 Å². The number of ether oxygens (including phenoxy) is 2. The minimum Gasteiger partial charge on any atom is -0.506 e. The van der Waals surface area contributed by atoms with Gasteiger partial charge in [-0.3, -0.25) is 14.4 Å². The zero-order valence-corrected chi connectivity index (χ0v) is 32.7. The lowest BCUT2D eigenvalue weighted by atomic mass is 9.37. The lowest BCUT2D eigenvalue weighted by Crippen LogP contribution is -2.70. The van der Waals surface area contributed by atoms with Crippen molar-refractivity contribution in [2.45, 2.75) is 127 Å². The number of carbonyl (C=O) groups is 4. The normalized spacial score (nSPS) is 25.4. The highest BCUT2D eigenvalue weighted by molar-refractivity contribution is 6.41. The molecule has 0 spiro atoms. The average Bonchev–Trinajstić information content (AvgIpc) is 2.99. The van der Waals surface area contributed by atoms with E-state index in [9.17, 15) is 19.8 Å². The fourth-order valence-electron chi connectivity index (χ4n) is 7.56. The predicted octanol–water partition coefficient (Wildman–Crippen LogP) is 10.5. The number of phenols is 1. The van der Waals surface area contributed by atoms with Crippen molar-refractivity contribution in [3.05, 3.63) is 75.9 Å². The lowest BCUT2D eigenvalue weighted by Gasteiger charge is -2.61. The van der Waals surface area contributed by atoms with Crippen molar-refractivity contribution >= 4 is 29.3 Å². The van der Waals surface area contributed by atoms with Gasteiger partial charge in [-0.2, -0.15) is 0 Å². The van der Waals surface area contributed by atoms with Crippen molar-refractivity contribution in [2.24, 2.45) is 22.2 Å². The molecule has 2 aliphatic carbocycles. The fraction of sp³-hybridized carbons (Fsp3) is 0.535. The van der Waals surface area contributed by atoms with E-state index in [2.05, 4.69) is 12.2 Å². The summed E-state index contributed by atoms with van der Waals surface area (Å²) >= 11 is 0. The summed E-state index contributed by atoms with van der Waals surface area (Å²) in [5, 5.41) is 22.8. The van der Waals surface area contributed by atoms with Gasteiger partial charge in [-0.05, 0) is 144 Å². The molecule has 0 aromatic heterocycles. The third-order valence-corrected chi connectivity index (χ3v) is 10.3. The van der Waals surface area contributed by atoms with Crippen molar-refractivity contribution in [3.63, 3.8) is 0 Å². The molecule has 0 aliphatic heterocycles. The van der Waals surface area contributed by atoms with E-state index in [1.807, 2.05) is 74.5 Å². The van der Waals surface area contributed by atoms with Gasteiger partial charge in [-0.15, -0.1) is 0 Å². The maximum absolute atomic E-state index is 15.4. The van der Waals surface area contributed by atoms with Crippen LogP contribution in [0.15, 0.2) is 70.4 Å². The molecule has 8 nitrogen and oxygen atoms in total. The number of Topliss-reactive ketones (excluding diaryl/α,β-unsaturated/α-hetero) is 3. The van der Waals surface area contributed by atoms with Crippen molar-refractivity contribution < 1.29 is 38.9 Å². The molecule has 2 fully saturated rings. The van der Waals surface area contributed by atoms with E-state index in [1.165, 1.54) is 12.1 Å². The lowest BCUT2D eigenvalue weighted by molar-refractivity contribution is -0.178. The Bertz CT molecular complexity index is 1710. The number of aliphatic hydroxyl groups is 1. The van der Waals surface area contributed by atoms with Crippen LogP contribution in [0.3, 0.4) is 0 Å². The molecule has 2 N–H and O–H groups in total. The summed E-state index contributed by atoms with van der Waals surface area (Å²) in [5.41, 5.74) is -1.36. The number of aromatic hydroxyl groups is 1. The zero-order chi connectivity index (χ0) is 38.7. The highest BCUT2D eigenvalue weighted by atomic mass is 16.7. The number of fused-ring (bicyclic) bond motifs is 2. The van der Waals surface area contributed by atoms with E-state index in [0.29, 0.717) is 19.3 Å². The second-order valence-corrected chi connectivity index (χ2v) is 16.6. The van der Waals surface area contributed by atoms with E-state index < -0.39 is 56.6 Å². The molecule has 3 rings (SSSR count). The topological polar surface area (TPSA) is 127 Å². The highest BCUT2D eigenvalue weighted by Crippen LogP contribution is 2.67. The van der Waals surface area contributed by atoms with Gasteiger partial charge in [0.2, 0.25) is 0 Å². The third-order valence-electron chi connectivity index (χ3n) is 10.3. The molecule has 0 heterocycles. The Balaban J connectivity index is 2.40. The van der Waals surface area contributed by atoms with Crippen LogP contribution in [0.5, 0.6) is 11.5 Å². The Morgan fingerprint density at radius 2 is 1.43 bits per heavy atom. The standard InChI is InChI=1S/C43H58O8/c1-26(2)14-13-21-41(12)31(17-15-27(3)4)25-42(22-19-28(5)6)36(46)34(37(47)43(41,38(42)48)23-20-29(7)8)35(45)30-16-18-33(32(44)24-30)50-39(49)51-40(9,10)11/h14-16,18-20,24,31,44-45H,13,17,21-23,25H2,1-12H3/b35-34-/t31-,41+,42-,43+/m0/s1. The van der Waals surface area contributed by atoms with Crippen LogP contribution in [0.2, 0.25) is 0 Å². The first-order chi connectivity index (χ1) is 23.5. The molecule has 4 atom stereocenters. The summed E-state index contributed by atoms with van der Waals surface area (Å²) in [6, 6.07) is 3.74. The number of ketones is 3. The van der Waals surface area contributed by atoms with Gasteiger partial charge in [0.1, 0.15) is 22.3 Å². The largest absolute Gasteiger partial charge is 0.514 e. The van der Waals surface area contributed by atoms with Crippen molar-refractivity contribution in [1.82, 2.24) is 0 Å². The SMILES string of the molecule is CC(C)=CCC[C@]1(C)[C@@H](CC=C(C)C)C[C@@]2(CC=C(C)C)C(=O)/C(=C(/O)c3ccc(OC(=O)OC(C)(C)C)c(O)c3)C(=O)[C@]1(CC=C(C)C)C2=O. The van der Waals surface area contributed by atoms with E-state index in [-0.39, 0.29) is 42.3 Å². The second kappa shape index (κ2) is 15.6. The van der Waals surface area contributed by atoms with Gasteiger partial charge < -0.3 is 19.7 Å². The van der Waals surface area contributed by atoms with Gasteiger partial charge in [-0.25, -0.2) is 4.79 Å². The van der Waals surface area contributed by atoms with E-state index in [1.54, 1.807) is 20.8 Å². The molecule has 51 heavy (non-hydrogen) atoms. The molecule has 1 aromatic carbocycles. The summed E-state index contributed by atoms with van der Waals surface area (Å²) < 4.78 is 10.4. The number of rotatable bonds is 11. The van der Waals surface area contributed by atoms with Gasteiger partial charge in [-0.1, -0.05) is 53.5 Å². The predicted molar refractivity (Wildman–Crippen MR) is 201 cm³/mol. The molecule has 8 heteroatoms. The number of aliphatic hydroxyl groups excluding tert-OH is 1. The summed E-state index contributed by atoms with van der Waals surface area (Å²) in [4.78, 5) is 57.9. The minimum absolute atomic E-state index is 0.0322. The Morgan fingerprint density at radius 3 is 1.96 bits per heavy atom. The van der Waals surface area contributed by atoms with Gasteiger partial charge >= 0.3 is 6.16 Å². The molecule has 0 saturated heterocycles. The minimum atomic E-state index is -1.66. The summed E-state index contributed by atoms with van der Waals surface area (Å²) in [7, 11) is 0. The summed E-state index contributed by atoms with van der Waals surface area (Å²) in [6.07, 6.45) is 9.14. The van der Waals surface area contributed by atoms with Crippen LogP contribution in [0.1, 0.15) is 127 Å². The Labute approximate surface area is 304 Å². The van der Waals surface area contributed by atoms with Crippen molar-refractivity contribution in [2.75, 3.05) is 0 Å². The van der Waals surface area contributed by atoms with E-state index >= 15 is 9.59 Å². The van der Waals surface area contributed by atoms with Crippen LogP contribution in [-0.2, 0) is 19.1 Å².